The van der Waals surface area contributed by atoms with Crippen molar-refractivity contribution in [2.24, 2.45) is 0 Å². The van der Waals surface area contributed by atoms with Gasteiger partial charge in [0.05, 0.1) is 11.9 Å². The standard InChI is InChI=1S/C23H26FN3O/c1-2-10-26-11-9-16(23-20-8-7-19(24)13-21(20)28-25-23)12-22(26)27-14-17-5-3-4-6-18(17)15-27/h3-8,13,16,22H,2,9-12,14-15H2,1H3. The summed E-state index contributed by atoms with van der Waals surface area (Å²) in [5.74, 6) is 0.0641. The molecule has 0 N–H and O–H groups in total. The minimum Gasteiger partial charge on any atom is -0.356 e. The van der Waals surface area contributed by atoms with E-state index in [1.807, 2.05) is 6.07 Å². The molecule has 5 heteroatoms. The van der Waals surface area contributed by atoms with Crippen LogP contribution in [0.4, 0.5) is 4.39 Å². The third kappa shape index (κ3) is 3.12. The number of rotatable bonds is 4. The van der Waals surface area contributed by atoms with Crippen molar-refractivity contribution in [3.8, 4) is 0 Å². The number of likely N-dealkylation sites (tertiary alicyclic amines) is 1. The summed E-state index contributed by atoms with van der Waals surface area (Å²) >= 11 is 0. The van der Waals surface area contributed by atoms with Gasteiger partial charge in [-0.2, -0.15) is 0 Å². The SMILES string of the molecule is CCCN1CCC(c2noc3cc(F)ccc23)CC1N1Cc2ccccc2C1. The Bertz CT molecular complexity index is 960. The molecule has 1 fully saturated rings. The second-order valence-corrected chi connectivity index (χ2v) is 8.12. The van der Waals surface area contributed by atoms with E-state index in [9.17, 15) is 4.39 Å². The van der Waals surface area contributed by atoms with Crippen LogP contribution >= 0.6 is 0 Å². The van der Waals surface area contributed by atoms with E-state index in [1.54, 1.807) is 0 Å². The maximum atomic E-state index is 13.5. The summed E-state index contributed by atoms with van der Waals surface area (Å²) in [4.78, 5) is 5.23. The fourth-order valence-corrected chi connectivity index (χ4v) is 4.96. The fourth-order valence-electron chi connectivity index (χ4n) is 4.96. The first kappa shape index (κ1) is 17.8. The summed E-state index contributed by atoms with van der Waals surface area (Å²) < 4.78 is 19.0. The largest absolute Gasteiger partial charge is 0.356 e. The topological polar surface area (TPSA) is 32.5 Å². The third-order valence-electron chi connectivity index (χ3n) is 6.33. The van der Waals surface area contributed by atoms with Crippen LogP contribution in [0.1, 0.15) is 48.9 Å². The van der Waals surface area contributed by atoms with E-state index in [2.05, 4.69) is 46.1 Å². The summed E-state index contributed by atoms with van der Waals surface area (Å²) in [7, 11) is 0. The lowest BCUT2D eigenvalue weighted by Gasteiger charge is -2.43. The highest BCUT2D eigenvalue weighted by Crippen LogP contribution is 2.38. The minimum absolute atomic E-state index is 0.277. The second-order valence-electron chi connectivity index (χ2n) is 8.12. The van der Waals surface area contributed by atoms with E-state index in [0.717, 1.165) is 56.5 Å². The van der Waals surface area contributed by atoms with Gasteiger partial charge in [-0.15, -0.1) is 0 Å². The summed E-state index contributed by atoms with van der Waals surface area (Å²) in [6.07, 6.45) is 3.66. The average Bonchev–Trinajstić information content (AvgIpc) is 3.32. The van der Waals surface area contributed by atoms with Crippen molar-refractivity contribution < 1.29 is 8.91 Å². The molecule has 146 valence electrons. The van der Waals surface area contributed by atoms with Gasteiger partial charge in [0.2, 0.25) is 0 Å². The van der Waals surface area contributed by atoms with E-state index < -0.39 is 0 Å². The molecular weight excluding hydrogens is 353 g/mol. The normalized spacial score (nSPS) is 23.4. The van der Waals surface area contributed by atoms with Crippen LogP contribution in [0, 0.1) is 5.82 Å². The monoisotopic (exact) mass is 379 g/mol. The lowest BCUT2D eigenvalue weighted by molar-refractivity contribution is 0.00251. The number of hydrogen-bond acceptors (Lipinski definition) is 4. The molecule has 2 aliphatic rings. The zero-order valence-corrected chi connectivity index (χ0v) is 16.3. The number of nitrogens with zero attached hydrogens (tertiary/aromatic N) is 3. The van der Waals surface area contributed by atoms with Crippen LogP contribution in [0.15, 0.2) is 47.0 Å². The van der Waals surface area contributed by atoms with Gasteiger partial charge in [-0.25, -0.2) is 4.39 Å². The minimum atomic E-state index is -0.277. The van der Waals surface area contributed by atoms with Gasteiger partial charge in [-0.1, -0.05) is 36.3 Å². The molecule has 2 unspecified atom stereocenters. The Morgan fingerprint density at radius 2 is 1.93 bits per heavy atom. The van der Waals surface area contributed by atoms with Gasteiger partial charge in [0, 0.05) is 37.0 Å². The van der Waals surface area contributed by atoms with Crippen LogP contribution in [0.25, 0.3) is 11.0 Å². The maximum absolute atomic E-state index is 13.5. The highest BCUT2D eigenvalue weighted by Gasteiger charge is 2.36. The van der Waals surface area contributed by atoms with Crippen LogP contribution in [0.3, 0.4) is 0 Å². The molecule has 4 nitrogen and oxygen atoms in total. The molecule has 2 aliphatic heterocycles. The summed E-state index contributed by atoms with van der Waals surface area (Å²) in [5, 5.41) is 5.31. The molecule has 3 aromatic rings. The number of aromatic nitrogens is 1. The third-order valence-corrected chi connectivity index (χ3v) is 6.33. The zero-order valence-electron chi connectivity index (χ0n) is 16.3. The van der Waals surface area contributed by atoms with Crippen molar-refractivity contribution in [3.05, 3.63) is 65.1 Å². The van der Waals surface area contributed by atoms with E-state index in [-0.39, 0.29) is 5.82 Å². The zero-order chi connectivity index (χ0) is 19.1. The van der Waals surface area contributed by atoms with Crippen molar-refractivity contribution in [1.29, 1.82) is 0 Å². The number of fused-ring (bicyclic) bond motifs is 2. The molecule has 3 heterocycles. The van der Waals surface area contributed by atoms with Gasteiger partial charge in [0.1, 0.15) is 5.82 Å². The molecule has 2 atom stereocenters. The van der Waals surface area contributed by atoms with Crippen LogP contribution in [0.2, 0.25) is 0 Å². The van der Waals surface area contributed by atoms with Crippen LogP contribution in [-0.2, 0) is 13.1 Å². The Labute approximate surface area is 164 Å². The highest BCUT2D eigenvalue weighted by molar-refractivity contribution is 5.79. The van der Waals surface area contributed by atoms with Gasteiger partial charge >= 0.3 is 0 Å². The molecule has 0 saturated carbocycles. The molecular formula is C23H26FN3O. The molecule has 0 bridgehead atoms. The lowest BCUT2D eigenvalue weighted by atomic mass is 9.89. The van der Waals surface area contributed by atoms with Gasteiger partial charge in [0.25, 0.3) is 0 Å². The Morgan fingerprint density at radius 1 is 1.14 bits per heavy atom. The van der Waals surface area contributed by atoms with Crippen molar-refractivity contribution in [1.82, 2.24) is 15.0 Å². The first-order valence-corrected chi connectivity index (χ1v) is 10.3. The van der Waals surface area contributed by atoms with Crippen molar-refractivity contribution in [2.75, 3.05) is 13.1 Å². The average molecular weight is 379 g/mol. The molecule has 1 aromatic heterocycles. The number of piperidine rings is 1. The predicted octanol–water partition coefficient (Wildman–Crippen LogP) is 4.90. The molecule has 0 spiro atoms. The summed E-state index contributed by atoms with van der Waals surface area (Å²) in [6, 6.07) is 13.5. The van der Waals surface area contributed by atoms with E-state index in [0.29, 0.717) is 17.7 Å². The van der Waals surface area contributed by atoms with Crippen molar-refractivity contribution in [3.63, 3.8) is 0 Å². The number of hydrogen-bond donors (Lipinski definition) is 0. The lowest BCUT2D eigenvalue weighted by Crippen LogP contribution is -2.50. The van der Waals surface area contributed by atoms with Gasteiger partial charge < -0.3 is 4.52 Å². The van der Waals surface area contributed by atoms with Gasteiger partial charge in [-0.3, -0.25) is 9.80 Å². The van der Waals surface area contributed by atoms with E-state index in [4.69, 9.17) is 4.52 Å². The van der Waals surface area contributed by atoms with Crippen LogP contribution < -0.4 is 0 Å². The molecule has 1 saturated heterocycles. The second kappa shape index (κ2) is 7.30. The van der Waals surface area contributed by atoms with E-state index in [1.165, 1.54) is 23.3 Å². The summed E-state index contributed by atoms with van der Waals surface area (Å²) in [5.41, 5.74) is 4.44. The molecule has 28 heavy (non-hydrogen) atoms. The smallest absolute Gasteiger partial charge is 0.170 e. The first-order chi connectivity index (χ1) is 13.7. The quantitative estimate of drug-likeness (QED) is 0.646. The Kier molecular flexibility index (Phi) is 4.65. The molecule has 2 aromatic carbocycles. The molecule has 5 rings (SSSR count). The highest BCUT2D eigenvalue weighted by atomic mass is 19.1. The molecule has 0 amide bonds. The molecule has 0 radical (unpaired) electrons. The predicted molar refractivity (Wildman–Crippen MR) is 107 cm³/mol. The molecule has 0 aliphatic carbocycles. The van der Waals surface area contributed by atoms with E-state index >= 15 is 0 Å². The van der Waals surface area contributed by atoms with Crippen molar-refractivity contribution >= 4 is 11.0 Å². The maximum Gasteiger partial charge on any atom is 0.170 e. The summed E-state index contributed by atoms with van der Waals surface area (Å²) in [6.45, 7) is 6.46. The Balaban J connectivity index is 1.42. The van der Waals surface area contributed by atoms with Crippen LogP contribution in [0.5, 0.6) is 0 Å². The number of benzene rings is 2. The Morgan fingerprint density at radius 3 is 2.68 bits per heavy atom. The fraction of sp³-hybridized carbons (Fsp3) is 0.435. The Hall–Kier alpha value is -2.24. The van der Waals surface area contributed by atoms with Crippen LogP contribution in [-0.4, -0.2) is 34.2 Å². The van der Waals surface area contributed by atoms with Gasteiger partial charge in [-0.05, 0) is 49.1 Å². The first-order valence-electron chi connectivity index (χ1n) is 10.3. The van der Waals surface area contributed by atoms with Crippen molar-refractivity contribution in [2.45, 2.75) is 51.4 Å². The van der Waals surface area contributed by atoms with Gasteiger partial charge in [0.15, 0.2) is 5.58 Å². The number of halogens is 1.